The fourth-order valence-electron chi connectivity index (χ4n) is 2.76. The maximum Gasteiger partial charge on any atom is 0.0224 e. The second-order valence-electron chi connectivity index (χ2n) is 4.91. The first kappa shape index (κ1) is 11.7. The zero-order valence-electron chi connectivity index (χ0n) is 10.0. The highest BCUT2D eigenvalue weighted by atomic mass is 32.2. The fourth-order valence-corrected chi connectivity index (χ4v) is 3.88. The zero-order chi connectivity index (χ0) is 10.7. The van der Waals surface area contributed by atoms with Crippen molar-refractivity contribution in [2.75, 3.05) is 25.4 Å². The van der Waals surface area contributed by atoms with Gasteiger partial charge in [-0.15, -0.1) is 0 Å². The lowest BCUT2D eigenvalue weighted by Gasteiger charge is -2.42. The topological polar surface area (TPSA) is 15.3 Å². The van der Waals surface area contributed by atoms with Gasteiger partial charge in [0.2, 0.25) is 0 Å². The molecule has 0 aromatic carbocycles. The molecule has 2 rings (SSSR count). The van der Waals surface area contributed by atoms with E-state index in [1.807, 2.05) is 0 Å². The standard InChI is InChI=1S/C12H24N2S/c1-10-11(2)15-8-7-14(10)12-5-3-4-6-13-9-12/h10-13H,3-9H2,1-2H3. The van der Waals surface area contributed by atoms with Gasteiger partial charge in [0, 0.05) is 36.2 Å². The summed E-state index contributed by atoms with van der Waals surface area (Å²) in [5.74, 6) is 1.32. The monoisotopic (exact) mass is 228 g/mol. The number of hydrogen-bond donors (Lipinski definition) is 1. The van der Waals surface area contributed by atoms with Crippen LogP contribution in [0.3, 0.4) is 0 Å². The van der Waals surface area contributed by atoms with Crippen LogP contribution in [-0.4, -0.2) is 47.6 Å². The molecule has 1 N–H and O–H groups in total. The summed E-state index contributed by atoms with van der Waals surface area (Å²) in [5.41, 5.74) is 0. The predicted molar refractivity (Wildman–Crippen MR) is 68.6 cm³/mol. The summed E-state index contributed by atoms with van der Waals surface area (Å²) in [6.45, 7) is 8.51. The van der Waals surface area contributed by atoms with Crippen molar-refractivity contribution in [3.05, 3.63) is 0 Å². The molecule has 15 heavy (non-hydrogen) atoms. The quantitative estimate of drug-likeness (QED) is 0.738. The molecule has 0 aromatic rings. The normalized spacial score (nSPS) is 40.0. The number of thioether (sulfide) groups is 1. The molecule has 3 heteroatoms. The summed E-state index contributed by atoms with van der Waals surface area (Å²) in [6, 6.07) is 1.56. The van der Waals surface area contributed by atoms with E-state index in [9.17, 15) is 0 Å². The Balaban J connectivity index is 1.94. The molecule has 0 aliphatic carbocycles. The lowest BCUT2D eigenvalue weighted by Crippen LogP contribution is -2.52. The third kappa shape index (κ3) is 2.89. The van der Waals surface area contributed by atoms with Crippen molar-refractivity contribution in [3.63, 3.8) is 0 Å². The minimum atomic E-state index is 0.758. The van der Waals surface area contributed by atoms with Crippen molar-refractivity contribution < 1.29 is 0 Å². The van der Waals surface area contributed by atoms with Gasteiger partial charge >= 0.3 is 0 Å². The Labute approximate surface area is 98.2 Å². The van der Waals surface area contributed by atoms with Crippen LogP contribution in [0.2, 0.25) is 0 Å². The Morgan fingerprint density at radius 2 is 2.13 bits per heavy atom. The Morgan fingerprint density at radius 1 is 1.27 bits per heavy atom. The molecule has 0 spiro atoms. The van der Waals surface area contributed by atoms with Gasteiger partial charge in [-0.05, 0) is 26.3 Å². The van der Waals surface area contributed by atoms with E-state index < -0.39 is 0 Å². The van der Waals surface area contributed by atoms with Crippen LogP contribution < -0.4 is 5.32 Å². The molecular weight excluding hydrogens is 204 g/mol. The van der Waals surface area contributed by atoms with Crippen molar-refractivity contribution >= 4 is 11.8 Å². The molecule has 2 heterocycles. The Bertz CT molecular complexity index is 190. The minimum Gasteiger partial charge on any atom is -0.315 e. The van der Waals surface area contributed by atoms with E-state index in [1.54, 1.807) is 0 Å². The molecule has 0 bridgehead atoms. The molecule has 2 nitrogen and oxygen atoms in total. The highest BCUT2D eigenvalue weighted by molar-refractivity contribution is 8.00. The van der Waals surface area contributed by atoms with Gasteiger partial charge in [-0.1, -0.05) is 13.3 Å². The van der Waals surface area contributed by atoms with Gasteiger partial charge in [-0.2, -0.15) is 11.8 Å². The number of hydrogen-bond acceptors (Lipinski definition) is 3. The summed E-state index contributed by atoms with van der Waals surface area (Å²) in [4.78, 5) is 2.75. The molecular formula is C12H24N2S. The van der Waals surface area contributed by atoms with Gasteiger partial charge in [0.1, 0.15) is 0 Å². The van der Waals surface area contributed by atoms with Crippen molar-refractivity contribution in [1.82, 2.24) is 10.2 Å². The SMILES string of the molecule is CC1SCCN(C2CCCCNC2)C1C. The second-order valence-corrected chi connectivity index (χ2v) is 6.39. The van der Waals surface area contributed by atoms with Crippen molar-refractivity contribution in [2.45, 2.75) is 50.4 Å². The van der Waals surface area contributed by atoms with Crippen LogP contribution in [0.4, 0.5) is 0 Å². The van der Waals surface area contributed by atoms with Crippen LogP contribution in [0, 0.1) is 0 Å². The largest absolute Gasteiger partial charge is 0.315 e. The number of nitrogens with one attached hydrogen (secondary N) is 1. The lowest BCUT2D eigenvalue weighted by atomic mass is 10.1. The lowest BCUT2D eigenvalue weighted by molar-refractivity contribution is 0.140. The first-order valence-corrected chi connectivity index (χ1v) is 7.42. The maximum absolute atomic E-state index is 3.58. The van der Waals surface area contributed by atoms with E-state index in [4.69, 9.17) is 0 Å². The van der Waals surface area contributed by atoms with Gasteiger partial charge in [0.15, 0.2) is 0 Å². The summed E-state index contributed by atoms with van der Waals surface area (Å²) in [7, 11) is 0. The van der Waals surface area contributed by atoms with Crippen LogP contribution in [0.25, 0.3) is 0 Å². The summed E-state index contributed by atoms with van der Waals surface area (Å²) >= 11 is 2.14. The van der Waals surface area contributed by atoms with Crippen molar-refractivity contribution in [2.24, 2.45) is 0 Å². The third-order valence-corrected chi connectivity index (χ3v) is 5.26. The van der Waals surface area contributed by atoms with Crippen LogP contribution >= 0.6 is 11.8 Å². The van der Waals surface area contributed by atoms with Crippen LogP contribution in [0.15, 0.2) is 0 Å². The molecule has 0 amide bonds. The van der Waals surface area contributed by atoms with E-state index in [0.29, 0.717) is 0 Å². The molecule has 2 fully saturated rings. The van der Waals surface area contributed by atoms with Crippen LogP contribution in [-0.2, 0) is 0 Å². The summed E-state index contributed by atoms with van der Waals surface area (Å²) in [6.07, 6.45) is 4.17. The molecule has 0 radical (unpaired) electrons. The molecule has 2 saturated heterocycles. The third-order valence-electron chi connectivity index (χ3n) is 3.92. The van der Waals surface area contributed by atoms with Gasteiger partial charge in [0.25, 0.3) is 0 Å². The first-order chi connectivity index (χ1) is 7.29. The summed E-state index contributed by atoms with van der Waals surface area (Å²) in [5, 5.41) is 4.39. The Hall–Kier alpha value is 0.270. The fraction of sp³-hybridized carbons (Fsp3) is 1.00. The maximum atomic E-state index is 3.58. The minimum absolute atomic E-state index is 0.758. The molecule has 2 aliphatic heterocycles. The van der Waals surface area contributed by atoms with E-state index in [0.717, 1.165) is 17.3 Å². The van der Waals surface area contributed by atoms with Gasteiger partial charge in [0.05, 0.1) is 0 Å². The molecule has 3 unspecified atom stereocenters. The summed E-state index contributed by atoms with van der Waals surface area (Å²) < 4.78 is 0. The van der Waals surface area contributed by atoms with Crippen LogP contribution in [0.5, 0.6) is 0 Å². The Kier molecular flexibility index (Phi) is 4.35. The van der Waals surface area contributed by atoms with Gasteiger partial charge in [-0.3, -0.25) is 4.90 Å². The highest BCUT2D eigenvalue weighted by Crippen LogP contribution is 2.27. The van der Waals surface area contributed by atoms with E-state index in [2.05, 4.69) is 35.8 Å². The molecule has 88 valence electrons. The van der Waals surface area contributed by atoms with E-state index in [1.165, 1.54) is 44.6 Å². The smallest absolute Gasteiger partial charge is 0.0224 e. The molecule has 0 aromatic heterocycles. The number of rotatable bonds is 1. The van der Waals surface area contributed by atoms with E-state index in [-0.39, 0.29) is 0 Å². The predicted octanol–water partition coefficient (Wildman–Crippen LogP) is 1.95. The number of nitrogens with zero attached hydrogens (tertiary/aromatic N) is 1. The van der Waals surface area contributed by atoms with E-state index >= 15 is 0 Å². The Morgan fingerprint density at radius 3 is 3.00 bits per heavy atom. The zero-order valence-corrected chi connectivity index (χ0v) is 10.9. The second kappa shape index (κ2) is 5.55. The molecule has 0 saturated carbocycles. The van der Waals surface area contributed by atoms with Gasteiger partial charge in [-0.25, -0.2) is 0 Å². The first-order valence-electron chi connectivity index (χ1n) is 6.37. The molecule has 2 aliphatic rings. The van der Waals surface area contributed by atoms with Gasteiger partial charge < -0.3 is 5.32 Å². The highest BCUT2D eigenvalue weighted by Gasteiger charge is 2.30. The average Bonchev–Trinajstić information content (AvgIpc) is 2.50. The van der Waals surface area contributed by atoms with Crippen molar-refractivity contribution in [1.29, 1.82) is 0 Å². The molecule has 3 atom stereocenters. The van der Waals surface area contributed by atoms with Crippen molar-refractivity contribution in [3.8, 4) is 0 Å². The average molecular weight is 228 g/mol. The van der Waals surface area contributed by atoms with Crippen LogP contribution in [0.1, 0.15) is 33.1 Å².